The van der Waals surface area contributed by atoms with E-state index >= 15 is 0 Å². The van der Waals surface area contributed by atoms with Gasteiger partial charge in [-0.3, -0.25) is 0 Å². The minimum Gasteiger partial charge on any atom is -0.394 e. The molecule has 2 aliphatic rings. The molecule has 0 spiro atoms. The molecule has 0 radical (unpaired) electrons. The summed E-state index contributed by atoms with van der Waals surface area (Å²) in [6, 6.07) is 0. The number of hydrogen-bond acceptors (Lipinski definition) is 6. The van der Waals surface area contributed by atoms with E-state index in [1.165, 1.54) is 35.1 Å². The molecule has 124 valence electrons. The smallest absolute Gasteiger partial charge is 0.141 e. The first-order chi connectivity index (χ1) is 11.4. The van der Waals surface area contributed by atoms with Gasteiger partial charge in [0.1, 0.15) is 17.0 Å². The first-order valence-corrected chi connectivity index (χ1v) is 9.41. The zero-order valence-electron chi connectivity index (χ0n) is 13.3. The van der Waals surface area contributed by atoms with Gasteiger partial charge in [0.25, 0.3) is 0 Å². The monoisotopic (exact) mass is 333 g/mol. The van der Waals surface area contributed by atoms with E-state index in [1.54, 1.807) is 6.33 Å². The first-order valence-electron chi connectivity index (χ1n) is 8.59. The minimum absolute atomic E-state index is 0.0896. The molecule has 0 aromatic carbocycles. The molecule has 4 rings (SSSR count). The van der Waals surface area contributed by atoms with Crippen molar-refractivity contribution >= 4 is 27.4 Å². The van der Waals surface area contributed by atoms with Crippen molar-refractivity contribution in [2.24, 2.45) is 0 Å². The number of thiophene rings is 1. The number of aliphatic hydroxyl groups excluding tert-OH is 1. The van der Waals surface area contributed by atoms with Gasteiger partial charge in [0.05, 0.1) is 24.7 Å². The molecule has 0 bridgehead atoms. The molecule has 1 saturated heterocycles. The fourth-order valence-electron chi connectivity index (χ4n) is 3.80. The van der Waals surface area contributed by atoms with Gasteiger partial charge in [0.15, 0.2) is 0 Å². The van der Waals surface area contributed by atoms with Gasteiger partial charge in [-0.2, -0.15) is 0 Å². The molecule has 23 heavy (non-hydrogen) atoms. The second-order valence-electron chi connectivity index (χ2n) is 6.39. The number of nitrogens with zero attached hydrogens (tertiary/aromatic N) is 3. The maximum absolute atomic E-state index is 8.97. The topological polar surface area (TPSA) is 58.5 Å². The second kappa shape index (κ2) is 6.71. The van der Waals surface area contributed by atoms with Crippen LogP contribution in [-0.2, 0) is 17.6 Å². The fourth-order valence-corrected chi connectivity index (χ4v) is 5.02. The number of piperidine rings is 1. The van der Waals surface area contributed by atoms with Crippen LogP contribution in [0.2, 0.25) is 0 Å². The predicted molar refractivity (Wildman–Crippen MR) is 92.3 cm³/mol. The van der Waals surface area contributed by atoms with Gasteiger partial charge >= 0.3 is 0 Å². The van der Waals surface area contributed by atoms with Crippen LogP contribution in [0.3, 0.4) is 0 Å². The number of fused-ring (bicyclic) bond motifs is 3. The lowest BCUT2D eigenvalue weighted by Crippen LogP contribution is -2.40. The van der Waals surface area contributed by atoms with Crippen LogP contribution in [0.1, 0.15) is 36.1 Å². The molecule has 0 amide bonds. The molecule has 5 nitrogen and oxygen atoms in total. The summed E-state index contributed by atoms with van der Waals surface area (Å²) in [6.07, 6.45) is 8.98. The Balaban J connectivity index is 1.66. The highest BCUT2D eigenvalue weighted by Crippen LogP contribution is 2.39. The van der Waals surface area contributed by atoms with Crippen molar-refractivity contribution in [1.82, 2.24) is 9.97 Å². The number of aryl methyl sites for hydroxylation is 2. The molecule has 1 atom stereocenters. The third kappa shape index (κ3) is 2.95. The van der Waals surface area contributed by atoms with Gasteiger partial charge in [0, 0.05) is 18.0 Å². The summed E-state index contributed by atoms with van der Waals surface area (Å²) >= 11 is 1.85. The number of aromatic nitrogens is 2. The van der Waals surface area contributed by atoms with Crippen molar-refractivity contribution in [3.8, 4) is 0 Å². The van der Waals surface area contributed by atoms with Crippen molar-refractivity contribution in [2.75, 3.05) is 31.2 Å². The van der Waals surface area contributed by atoms with Crippen LogP contribution in [0.15, 0.2) is 6.33 Å². The Morgan fingerprint density at radius 3 is 3.09 bits per heavy atom. The molecule has 1 fully saturated rings. The second-order valence-corrected chi connectivity index (χ2v) is 7.48. The van der Waals surface area contributed by atoms with Crippen molar-refractivity contribution in [3.05, 3.63) is 16.8 Å². The Morgan fingerprint density at radius 1 is 1.26 bits per heavy atom. The molecule has 2 aromatic rings. The molecule has 1 aliphatic carbocycles. The Morgan fingerprint density at radius 2 is 2.17 bits per heavy atom. The van der Waals surface area contributed by atoms with Gasteiger partial charge in [0.2, 0.25) is 0 Å². The number of rotatable bonds is 4. The highest BCUT2D eigenvalue weighted by atomic mass is 32.1. The number of hydrogen-bond donors (Lipinski definition) is 1. The van der Waals surface area contributed by atoms with E-state index in [0.29, 0.717) is 6.61 Å². The van der Waals surface area contributed by atoms with Crippen LogP contribution in [0.25, 0.3) is 10.2 Å². The molecule has 1 unspecified atom stereocenters. The number of ether oxygens (including phenoxy) is 1. The van der Waals surface area contributed by atoms with Gasteiger partial charge < -0.3 is 14.7 Å². The van der Waals surface area contributed by atoms with Crippen molar-refractivity contribution in [2.45, 2.75) is 44.6 Å². The molecule has 2 aromatic heterocycles. The summed E-state index contributed by atoms with van der Waals surface area (Å²) in [5.41, 5.74) is 1.49. The maximum atomic E-state index is 8.97. The number of aliphatic hydroxyl groups is 1. The molecule has 1 N–H and O–H groups in total. The summed E-state index contributed by atoms with van der Waals surface area (Å²) in [6.45, 7) is 2.39. The van der Waals surface area contributed by atoms with Crippen molar-refractivity contribution in [1.29, 1.82) is 0 Å². The van der Waals surface area contributed by atoms with Gasteiger partial charge in [-0.1, -0.05) is 0 Å². The SMILES string of the molecule is OCCOC1CCCN(c2ncnc3sc4c(c23)CCCC4)C1. The average Bonchev–Trinajstić information content (AvgIpc) is 2.99. The lowest BCUT2D eigenvalue weighted by atomic mass is 9.96. The minimum atomic E-state index is 0.0896. The summed E-state index contributed by atoms with van der Waals surface area (Å²) < 4.78 is 5.76. The normalized spacial score (nSPS) is 21.6. The van der Waals surface area contributed by atoms with E-state index in [4.69, 9.17) is 9.84 Å². The van der Waals surface area contributed by atoms with E-state index in [9.17, 15) is 0 Å². The van der Waals surface area contributed by atoms with Crippen LogP contribution in [-0.4, -0.2) is 47.5 Å². The Bertz CT molecular complexity index is 688. The summed E-state index contributed by atoms with van der Waals surface area (Å²) in [4.78, 5) is 14.2. The quantitative estimate of drug-likeness (QED) is 0.932. The van der Waals surface area contributed by atoms with Crippen LogP contribution in [0, 0.1) is 0 Å². The summed E-state index contributed by atoms with van der Waals surface area (Å²) in [7, 11) is 0. The summed E-state index contributed by atoms with van der Waals surface area (Å²) in [5, 5.41) is 10.3. The van der Waals surface area contributed by atoms with Gasteiger partial charge in [-0.15, -0.1) is 11.3 Å². The predicted octanol–water partition coefficient (Wildman–Crippen LogP) is 2.55. The maximum Gasteiger partial charge on any atom is 0.141 e. The third-order valence-electron chi connectivity index (χ3n) is 4.85. The standard InChI is InChI=1S/C17H23N3O2S/c21-8-9-22-12-4-3-7-20(10-12)16-15-13-5-1-2-6-14(13)23-17(15)19-11-18-16/h11-12,21H,1-10H2. The zero-order chi connectivity index (χ0) is 15.6. The largest absolute Gasteiger partial charge is 0.394 e. The molecular weight excluding hydrogens is 310 g/mol. The van der Waals surface area contributed by atoms with Crippen LogP contribution in [0.4, 0.5) is 5.82 Å². The highest BCUT2D eigenvalue weighted by Gasteiger charge is 2.26. The van der Waals surface area contributed by atoms with E-state index in [1.807, 2.05) is 11.3 Å². The lowest BCUT2D eigenvalue weighted by Gasteiger charge is -2.33. The van der Waals surface area contributed by atoms with Crippen molar-refractivity contribution in [3.63, 3.8) is 0 Å². The summed E-state index contributed by atoms with van der Waals surface area (Å²) in [5.74, 6) is 1.09. The van der Waals surface area contributed by atoms with Gasteiger partial charge in [-0.05, 0) is 44.1 Å². The van der Waals surface area contributed by atoms with Crippen molar-refractivity contribution < 1.29 is 9.84 Å². The van der Waals surface area contributed by atoms with E-state index in [-0.39, 0.29) is 12.7 Å². The van der Waals surface area contributed by atoms with E-state index in [0.717, 1.165) is 43.0 Å². The average molecular weight is 333 g/mol. The molecule has 1 aliphatic heterocycles. The third-order valence-corrected chi connectivity index (χ3v) is 6.05. The molecule has 3 heterocycles. The van der Waals surface area contributed by atoms with Crippen LogP contribution >= 0.6 is 11.3 Å². The van der Waals surface area contributed by atoms with E-state index in [2.05, 4.69) is 14.9 Å². The molecule has 0 saturated carbocycles. The zero-order valence-corrected chi connectivity index (χ0v) is 14.1. The Labute approximate surface area is 140 Å². The highest BCUT2D eigenvalue weighted by molar-refractivity contribution is 7.19. The lowest BCUT2D eigenvalue weighted by molar-refractivity contribution is 0.0214. The fraction of sp³-hybridized carbons (Fsp3) is 0.647. The van der Waals surface area contributed by atoms with Gasteiger partial charge in [-0.25, -0.2) is 9.97 Å². The molecular formula is C17H23N3O2S. The first kappa shape index (κ1) is 15.3. The molecule has 6 heteroatoms. The van der Waals surface area contributed by atoms with Crippen LogP contribution in [0.5, 0.6) is 0 Å². The Kier molecular flexibility index (Phi) is 4.46. The van der Waals surface area contributed by atoms with Crippen LogP contribution < -0.4 is 4.90 Å². The van der Waals surface area contributed by atoms with E-state index < -0.39 is 0 Å². The number of anilines is 1. The Hall–Kier alpha value is -1.24.